The highest BCUT2D eigenvalue weighted by Gasteiger charge is 2.31. The zero-order chi connectivity index (χ0) is 39.7. The van der Waals surface area contributed by atoms with Gasteiger partial charge < -0.3 is 29.7 Å². The van der Waals surface area contributed by atoms with Crippen LogP contribution in [0.25, 0.3) is 0 Å². The summed E-state index contributed by atoms with van der Waals surface area (Å²) < 4.78 is 9.76. The van der Waals surface area contributed by atoms with Crippen molar-refractivity contribution in [1.82, 2.24) is 15.1 Å². The summed E-state index contributed by atoms with van der Waals surface area (Å²) in [6, 6.07) is 0.0767. The number of likely N-dealkylation sites (tertiary alicyclic amines) is 1. The first-order chi connectivity index (χ1) is 24.5. The van der Waals surface area contributed by atoms with E-state index in [9.17, 15) is 24.3 Å². The second kappa shape index (κ2) is 26.5. The van der Waals surface area contributed by atoms with Crippen LogP contribution in [0.2, 0.25) is 0 Å². The predicted octanol–water partition coefficient (Wildman–Crippen LogP) is 7.39. The molecule has 2 N–H and O–H groups in total. The minimum absolute atomic E-state index is 0.0484. The molecule has 11 heteroatoms. The number of carbonyl (C=O) groups is 4. The monoisotopic (exact) mass is 745 g/mol. The number of carboxylic acid groups (broad SMARTS) is 1. The molecule has 2 amide bonds. The molecule has 4 rings (SSSR count). The molecule has 0 aromatic carbocycles. The number of hydrogen-bond acceptors (Lipinski definition) is 8. The number of nitrogens with one attached hydrogen (secondary N) is 1. The van der Waals surface area contributed by atoms with E-state index in [1.807, 2.05) is 47.6 Å². The Labute approximate surface area is 319 Å². The summed E-state index contributed by atoms with van der Waals surface area (Å²) in [5.74, 6) is 6.16. The number of terminal acetylenes is 1. The fourth-order valence-electron chi connectivity index (χ4n) is 5.87. The third-order valence-corrected chi connectivity index (χ3v) is 9.93. The van der Waals surface area contributed by atoms with Crippen molar-refractivity contribution in [3.05, 3.63) is 21.6 Å². The minimum Gasteiger partial charge on any atom is -0.477 e. The van der Waals surface area contributed by atoms with Crippen molar-refractivity contribution in [3.63, 3.8) is 0 Å². The molecule has 3 fully saturated rings. The highest BCUT2D eigenvalue weighted by atomic mass is 32.2. The Hall–Kier alpha value is -3.25. The van der Waals surface area contributed by atoms with Gasteiger partial charge >= 0.3 is 5.97 Å². The first kappa shape index (κ1) is 48.8. The maximum atomic E-state index is 11.8. The quantitative estimate of drug-likeness (QED) is 0.193. The van der Waals surface area contributed by atoms with Crippen LogP contribution < -0.4 is 5.32 Å². The summed E-state index contributed by atoms with van der Waals surface area (Å²) in [6.07, 6.45) is 25.1. The average Bonchev–Trinajstić information content (AvgIpc) is 3.10. The Kier molecular flexibility index (Phi) is 24.8. The molecule has 4 aliphatic rings. The lowest BCUT2D eigenvalue weighted by Gasteiger charge is -2.36. The highest BCUT2D eigenvalue weighted by molar-refractivity contribution is 8.07. The van der Waals surface area contributed by atoms with Gasteiger partial charge in [0.05, 0.1) is 11.0 Å². The Morgan fingerprint density at radius 3 is 1.94 bits per heavy atom. The summed E-state index contributed by atoms with van der Waals surface area (Å²) >= 11 is 1.11. The largest absolute Gasteiger partial charge is 0.477 e. The summed E-state index contributed by atoms with van der Waals surface area (Å²) in [6.45, 7) is 16.7. The van der Waals surface area contributed by atoms with E-state index >= 15 is 0 Å². The lowest BCUT2D eigenvalue weighted by Crippen LogP contribution is -2.42. The maximum absolute atomic E-state index is 11.8. The number of methoxy groups -OCH3 is 1. The van der Waals surface area contributed by atoms with Gasteiger partial charge in [-0.15, -0.1) is 12.8 Å². The van der Waals surface area contributed by atoms with Crippen LogP contribution in [-0.2, 0) is 28.7 Å². The van der Waals surface area contributed by atoms with Crippen LogP contribution in [0, 0.1) is 36.0 Å². The SMILES string of the molecule is C#C.CC(C)(C)C#CC1=CCC(N(C=O)C2CCC(NC=O)CC2)=C(C(=O)O)S1.CC(C)(C)OC=O.CC1CCCCC1.COC1CCN(C)CC1. The van der Waals surface area contributed by atoms with Crippen LogP contribution in [0.1, 0.15) is 126 Å². The lowest BCUT2D eigenvalue weighted by atomic mass is 9.90. The van der Waals surface area contributed by atoms with Crippen molar-refractivity contribution < 1.29 is 33.8 Å². The van der Waals surface area contributed by atoms with Gasteiger partial charge in [-0.1, -0.05) is 68.7 Å². The van der Waals surface area contributed by atoms with Crippen LogP contribution >= 0.6 is 11.8 Å². The molecule has 2 aliphatic heterocycles. The molecule has 0 bridgehead atoms. The molecule has 0 spiro atoms. The number of allylic oxidation sites excluding steroid dienone is 2. The number of carboxylic acids is 1. The van der Waals surface area contributed by atoms with Crippen molar-refractivity contribution in [2.45, 2.75) is 149 Å². The molecule has 294 valence electrons. The molecule has 0 aromatic heterocycles. The van der Waals surface area contributed by atoms with Gasteiger partial charge in [0, 0.05) is 49.8 Å². The summed E-state index contributed by atoms with van der Waals surface area (Å²) in [4.78, 5) is 48.6. The molecule has 0 radical (unpaired) electrons. The maximum Gasteiger partial charge on any atom is 0.344 e. The summed E-state index contributed by atoms with van der Waals surface area (Å²) in [7, 11) is 3.96. The van der Waals surface area contributed by atoms with Gasteiger partial charge in [0.1, 0.15) is 10.5 Å². The van der Waals surface area contributed by atoms with E-state index in [1.165, 1.54) is 58.0 Å². The molecule has 1 saturated heterocycles. The van der Waals surface area contributed by atoms with E-state index in [1.54, 1.807) is 12.0 Å². The van der Waals surface area contributed by atoms with Crippen LogP contribution in [-0.4, -0.2) is 91.2 Å². The summed E-state index contributed by atoms with van der Waals surface area (Å²) in [5.41, 5.74) is 0.0372. The third-order valence-electron chi connectivity index (χ3n) is 8.82. The number of aliphatic carboxylic acids is 1. The number of rotatable bonds is 8. The Morgan fingerprint density at radius 2 is 1.56 bits per heavy atom. The second-order valence-electron chi connectivity index (χ2n) is 15.6. The first-order valence-corrected chi connectivity index (χ1v) is 19.3. The van der Waals surface area contributed by atoms with Crippen LogP contribution in [0.4, 0.5) is 0 Å². The van der Waals surface area contributed by atoms with Crippen molar-refractivity contribution in [2.24, 2.45) is 11.3 Å². The molecule has 0 aromatic rings. The zero-order valence-corrected chi connectivity index (χ0v) is 34.2. The van der Waals surface area contributed by atoms with Crippen molar-refractivity contribution in [1.29, 1.82) is 0 Å². The van der Waals surface area contributed by atoms with Crippen LogP contribution in [0.5, 0.6) is 0 Å². The van der Waals surface area contributed by atoms with Crippen molar-refractivity contribution in [2.75, 3.05) is 27.2 Å². The third kappa shape index (κ3) is 22.0. The predicted molar refractivity (Wildman–Crippen MR) is 212 cm³/mol. The van der Waals surface area contributed by atoms with Gasteiger partial charge in [-0.2, -0.15) is 0 Å². The van der Waals surface area contributed by atoms with E-state index < -0.39 is 5.97 Å². The van der Waals surface area contributed by atoms with Gasteiger partial charge in [-0.25, -0.2) is 4.79 Å². The van der Waals surface area contributed by atoms with E-state index in [2.05, 4.69) is 53.6 Å². The Bertz CT molecular complexity index is 1200. The molecule has 0 unspecified atom stereocenters. The van der Waals surface area contributed by atoms with Gasteiger partial charge in [0.15, 0.2) is 0 Å². The topological polar surface area (TPSA) is 125 Å². The van der Waals surface area contributed by atoms with Gasteiger partial charge in [-0.3, -0.25) is 14.4 Å². The molecular formula is C41H67N3O7S. The van der Waals surface area contributed by atoms with Crippen molar-refractivity contribution >= 4 is 37.0 Å². The number of thioether (sulfide) groups is 1. The molecule has 2 aliphatic carbocycles. The number of piperidine rings is 1. The van der Waals surface area contributed by atoms with Crippen molar-refractivity contribution in [3.8, 4) is 24.7 Å². The Balaban J connectivity index is 0.000000835. The first-order valence-electron chi connectivity index (χ1n) is 18.5. The second-order valence-corrected chi connectivity index (χ2v) is 16.6. The number of hydrogen-bond donors (Lipinski definition) is 2. The van der Waals surface area contributed by atoms with E-state index in [4.69, 9.17) is 4.74 Å². The number of nitrogens with zero attached hydrogens (tertiary/aromatic N) is 2. The van der Waals surface area contributed by atoms with Gasteiger partial charge in [0.2, 0.25) is 12.8 Å². The molecular weight excluding hydrogens is 679 g/mol. The fourth-order valence-corrected chi connectivity index (χ4v) is 6.75. The zero-order valence-electron chi connectivity index (χ0n) is 33.4. The highest BCUT2D eigenvalue weighted by Crippen LogP contribution is 2.38. The van der Waals surface area contributed by atoms with E-state index in [0.29, 0.717) is 36.0 Å². The van der Waals surface area contributed by atoms with E-state index in [-0.39, 0.29) is 28.0 Å². The Morgan fingerprint density at radius 1 is 0.981 bits per heavy atom. The fraction of sp³-hybridized carbons (Fsp3) is 0.707. The molecule has 2 heterocycles. The minimum atomic E-state index is -1.04. The lowest BCUT2D eigenvalue weighted by molar-refractivity contribution is -0.138. The molecule has 10 nitrogen and oxygen atoms in total. The van der Waals surface area contributed by atoms with E-state index in [0.717, 1.165) is 49.8 Å². The standard InChI is InChI=1S/C20H26N2O4S.C7H15NO.C7H14.C5H10O2.C2H2/c1-20(2,3)11-10-16-8-9-17(18(27-16)19(25)26)22(13-24)15-6-4-14(5-7-15)21-12-23;1-8-5-3-7(9-2)4-6-8;1-7-5-3-2-4-6-7;1-5(2,3)7-4-6;1-2/h8,12-15H,4-7,9H2,1-3H3,(H,21,23)(H,25,26);7H,3-6H2,1-2H3;7H,2-6H2,1H3;4H,1-3H3;1-2H. The van der Waals surface area contributed by atoms with Gasteiger partial charge in [-0.05, 0) is 93.0 Å². The van der Waals surface area contributed by atoms with Crippen LogP contribution in [0.3, 0.4) is 0 Å². The number of carbonyl (C=O) groups excluding carboxylic acids is 3. The normalized spacial score (nSPS) is 21.0. The number of amides is 2. The average molecular weight is 746 g/mol. The summed E-state index contributed by atoms with van der Waals surface area (Å²) in [5, 5.41) is 12.4. The van der Waals surface area contributed by atoms with Crippen LogP contribution in [0.15, 0.2) is 21.6 Å². The molecule has 52 heavy (non-hydrogen) atoms. The van der Waals surface area contributed by atoms with Gasteiger partial charge in [0.25, 0.3) is 6.47 Å². The number of ether oxygens (including phenoxy) is 2. The smallest absolute Gasteiger partial charge is 0.344 e. The molecule has 2 saturated carbocycles. The molecule has 0 atom stereocenters.